The van der Waals surface area contributed by atoms with Crippen LogP contribution in [0.25, 0.3) is 0 Å². The van der Waals surface area contributed by atoms with Crippen molar-refractivity contribution in [1.82, 2.24) is 0 Å². The third kappa shape index (κ3) is 17.2. The number of alkyl halides is 6. The van der Waals surface area contributed by atoms with E-state index in [0.29, 0.717) is 0 Å². The molecular weight excluding hydrogens is 414 g/mol. The van der Waals surface area contributed by atoms with Gasteiger partial charge < -0.3 is 9.11 Å². The van der Waals surface area contributed by atoms with Crippen LogP contribution in [0.15, 0.2) is 12.7 Å². The molecule has 0 rings (SSSR count). The monoisotopic (exact) mass is 415 g/mol. The molecule has 21 heavy (non-hydrogen) atoms. The van der Waals surface area contributed by atoms with Gasteiger partial charge in [-0.3, -0.25) is 0 Å². The van der Waals surface area contributed by atoms with E-state index < -0.39 is 31.3 Å². The van der Waals surface area contributed by atoms with Gasteiger partial charge in [-0.1, -0.05) is 6.58 Å². The van der Waals surface area contributed by atoms with Crippen LogP contribution in [0, 0.1) is 11.3 Å². The maximum absolute atomic E-state index is 10.7. The number of halogens is 6. The zero-order valence-electron chi connectivity index (χ0n) is 9.47. The van der Waals surface area contributed by atoms with Crippen molar-refractivity contribution in [3.8, 4) is 6.07 Å². The zero-order chi connectivity index (χ0) is 17.4. The van der Waals surface area contributed by atoms with E-state index in [0.717, 1.165) is 0 Å². The maximum Gasteiger partial charge on any atom is 2.00 e. The second-order valence-corrected chi connectivity index (χ2v) is 4.88. The molecule has 0 saturated carbocycles. The summed E-state index contributed by atoms with van der Waals surface area (Å²) in [6.45, 7) is 3.12. The van der Waals surface area contributed by atoms with Crippen LogP contribution in [0.2, 0.25) is 0 Å². The summed E-state index contributed by atoms with van der Waals surface area (Å²) in [5.74, 6) is 0. The van der Waals surface area contributed by atoms with Crippen molar-refractivity contribution in [2.75, 3.05) is 0 Å². The first-order valence-corrected chi connectivity index (χ1v) is 6.28. The number of hydrogen-bond donors (Lipinski definition) is 0. The van der Waals surface area contributed by atoms with Crippen LogP contribution in [0.5, 0.6) is 0 Å². The molecule has 0 saturated heterocycles. The fourth-order valence-corrected chi connectivity index (χ4v) is 0. The number of nitrogens with zero attached hydrogens (tertiary/aromatic N) is 1. The van der Waals surface area contributed by atoms with Crippen LogP contribution < -0.4 is 0 Å². The summed E-state index contributed by atoms with van der Waals surface area (Å²) in [6.07, 6.45) is 1.18. The Hall–Kier alpha value is -0.747. The van der Waals surface area contributed by atoms with E-state index >= 15 is 0 Å². The Labute approximate surface area is 127 Å². The van der Waals surface area contributed by atoms with Gasteiger partial charge in [-0.25, -0.2) is 16.8 Å². The van der Waals surface area contributed by atoms with Gasteiger partial charge in [0.1, 0.15) is 0 Å². The SMILES string of the molecule is C=CC#N.O=S(=O)([O-])C(F)(F)F.O=S(=O)([O-])C(F)(F)F.[Zn+2]. The topological polar surface area (TPSA) is 138 Å². The second kappa shape index (κ2) is 10.1. The molecule has 7 nitrogen and oxygen atoms in total. The van der Waals surface area contributed by atoms with E-state index in [1.54, 1.807) is 6.07 Å². The van der Waals surface area contributed by atoms with Crippen molar-refractivity contribution in [2.24, 2.45) is 0 Å². The average Bonchev–Trinajstić information content (AvgIpc) is 2.12. The molecule has 0 bridgehead atoms. The summed E-state index contributed by atoms with van der Waals surface area (Å²) in [5.41, 5.74) is -11.3. The molecule has 0 atom stereocenters. The fraction of sp³-hybridized carbons (Fsp3) is 0.400. The maximum atomic E-state index is 10.7. The van der Waals surface area contributed by atoms with Crippen molar-refractivity contribution >= 4 is 20.2 Å². The van der Waals surface area contributed by atoms with Gasteiger partial charge in [0.15, 0.2) is 20.2 Å². The third-order valence-corrected chi connectivity index (χ3v) is 1.79. The Morgan fingerprint density at radius 3 is 1.00 bits per heavy atom. The van der Waals surface area contributed by atoms with Crippen LogP contribution in [0.4, 0.5) is 26.3 Å². The molecule has 0 aromatic rings. The predicted octanol–water partition coefficient (Wildman–Crippen LogP) is 0.796. The molecule has 0 aliphatic rings. The van der Waals surface area contributed by atoms with E-state index in [4.69, 9.17) is 31.2 Å². The first-order chi connectivity index (χ1) is 8.41. The van der Waals surface area contributed by atoms with Gasteiger partial charge in [-0.05, 0) is 0 Å². The minimum Gasteiger partial charge on any atom is -0.741 e. The minimum absolute atomic E-state index is 0. The number of hydrogen-bond acceptors (Lipinski definition) is 7. The van der Waals surface area contributed by atoms with Crippen LogP contribution in [-0.4, -0.2) is 37.0 Å². The first kappa shape index (κ1) is 28.4. The van der Waals surface area contributed by atoms with Crippen molar-refractivity contribution in [2.45, 2.75) is 11.0 Å². The van der Waals surface area contributed by atoms with Crippen molar-refractivity contribution in [3.05, 3.63) is 12.7 Å². The summed E-state index contributed by atoms with van der Waals surface area (Å²) in [5, 5.41) is 7.51. The second-order valence-electron chi connectivity index (χ2n) is 2.13. The van der Waals surface area contributed by atoms with Crippen molar-refractivity contribution in [3.63, 3.8) is 0 Å². The molecule has 0 aliphatic heterocycles. The van der Waals surface area contributed by atoms with Crippen molar-refractivity contribution in [1.29, 1.82) is 5.26 Å². The summed E-state index contributed by atoms with van der Waals surface area (Å²) in [6, 6.07) is 1.69. The van der Waals surface area contributed by atoms with Gasteiger partial charge >= 0.3 is 30.5 Å². The fourth-order valence-electron chi connectivity index (χ4n) is 0. The van der Waals surface area contributed by atoms with Gasteiger partial charge in [0.25, 0.3) is 0 Å². The molecule has 120 valence electrons. The van der Waals surface area contributed by atoms with E-state index in [1.807, 2.05) is 0 Å². The Kier molecular flexibility index (Phi) is 13.6. The van der Waals surface area contributed by atoms with Gasteiger partial charge in [0, 0.05) is 6.08 Å². The van der Waals surface area contributed by atoms with Gasteiger partial charge in [0.2, 0.25) is 0 Å². The van der Waals surface area contributed by atoms with Crippen LogP contribution in [0.1, 0.15) is 0 Å². The Balaban J connectivity index is -0.000000107. The molecule has 0 N–H and O–H groups in total. The summed E-state index contributed by atoms with van der Waals surface area (Å²) in [7, 11) is -12.2. The number of nitriles is 1. The molecule has 0 aliphatic carbocycles. The Morgan fingerprint density at radius 1 is 0.905 bits per heavy atom. The van der Waals surface area contributed by atoms with Crippen molar-refractivity contribution < 1.29 is 71.8 Å². The van der Waals surface area contributed by atoms with Crippen LogP contribution in [0.3, 0.4) is 0 Å². The average molecular weight is 417 g/mol. The third-order valence-electron chi connectivity index (χ3n) is 0.658. The number of allylic oxidation sites excluding steroid dienone is 1. The molecular formula is C5H3F6NO6S2Zn. The van der Waals surface area contributed by atoms with E-state index in [2.05, 4.69) is 6.58 Å². The molecule has 0 heterocycles. The molecule has 0 fully saturated rings. The molecule has 0 radical (unpaired) electrons. The van der Waals surface area contributed by atoms with E-state index in [-0.39, 0.29) is 19.5 Å². The first-order valence-electron chi connectivity index (χ1n) is 3.46. The molecule has 0 aromatic carbocycles. The smallest absolute Gasteiger partial charge is 0.741 e. The van der Waals surface area contributed by atoms with Gasteiger partial charge in [-0.2, -0.15) is 31.6 Å². The standard InChI is InChI=1S/C3H3N.2CHF3O3S.Zn/c1-2-3-4;2*2-1(3,4)8(5,6)7;/h2H,1H2;2*(H,5,6,7);/q;;;+2/p-2. The molecule has 0 spiro atoms. The molecule has 0 unspecified atom stereocenters. The summed E-state index contributed by atoms with van der Waals surface area (Å²) < 4.78 is 118. The summed E-state index contributed by atoms with van der Waals surface area (Å²) >= 11 is 0. The molecule has 16 heteroatoms. The van der Waals surface area contributed by atoms with Crippen LogP contribution in [-0.2, 0) is 39.7 Å². The van der Waals surface area contributed by atoms with E-state index in [9.17, 15) is 26.3 Å². The zero-order valence-corrected chi connectivity index (χ0v) is 14.1. The predicted molar refractivity (Wildman–Crippen MR) is 47.3 cm³/mol. The minimum atomic E-state index is -6.09. The van der Waals surface area contributed by atoms with Gasteiger partial charge in [-0.15, -0.1) is 0 Å². The molecule has 0 aromatic heterocycles. The Bertz CT molecular complexity index is 502. The largest absolute Gasteiger partial charge is 2.00 e. The number of rotatable bonds is 0. The normalized spacial score (nSPS) is 11.4. The summed E-state index contributed by atoms with van der Waals surface area (Å²) in [4.78, 5) is 0. The quantitative estimate of drug-likeness (QED) is 0.187. The van der Waals surface area contributed by atoms with Crippen LogP contribution >= 0.6 is 0 Å². The molecule has 0 amide bonds. The van der Waals surface area contributed by atoms with E-state index in [1.165, 1.54) is 6.08 Å². The Morgan fingerprint density at radius 2 is 1.00 bits per heavy atom. The van der Waals surface area contributed by atoms with Gasteiger partial charge in [0.05, 0.1) is 6.07 Å².